The monoisotopic (exact) mass is 320 g/mol. The molecule has 0 radical (unpaired) electrons. The molecule has 104 valence electrons. The van der Waals surface area contributed by atoms with Gasteiger partial charge in [0.15, 0.2) is 0 Å². The quantitative estimate of drug-likeness (QED) is 0.791. The molecule has 0 unspecified atom stereocenters. The van der Waals surface area contributed by atoms with E-state index >= 15 is 0 Å². The highest BCUT2D eigenvalue weighted by Crippen LogP contribution is 2.25. The lowest BCUT2D eigenvalue weighted by Crippen LogP contribution is -2.43. The molecule has 19 heavy (non-hydrogen) atoms. The van der Waals surface area contributed by atoms with Gasteiger partial charge >= 0.3 is 0 Å². The zero-order chi connectivity index (χ0) is 13.8. The molecule has 1 heterocycles. The number of carbonyl (C=O) groups excluding carboxylic acids is 1. The van der Waals surface area contributed by atoms with Crippen LogP contribution in [0.3, 0.4) is 0 Å². The number of aliphatic hydroxyl groups excluding tert-OH is 1. The molecule has 0 aliphatic carbocycles. The summed E-state index contributed by atoms with van der Waals surface area (Å²) >= 11 is 13.5. The number of carbonyl (C=O) groups is 1. The van der Waals surface area contributed by atoms with Gasteiger partial charge in [-0.2, -0.15) is 0 Å². The molecule has 1 aliphatic rings. The summed E-state index contributed by atoms with van der Waals surface area (Å²) in [6.45, 7) is 0.128. The fraction of sp³-hybridized carbons (Fsp3) is 0.417. The first-order valence-corrected chi connectivity index (χ1v) is 7.71. The van der Waals surface area contributed by atoms with Gasteiger partial charge < -0.3 is 10.4 Å². The van der Waals surface area contributed by atoms with E-state index in [9.17, 15) is 9.90 Å². The summed E-state index contributed by atoms with van der Waals surface area (Å²) in [7, 11) is 0. The Morgan fingerprint density at radius 2 is 2.37 bits per heavy atom. The third kappa shape index (κ3) is 4.00. The molecule has 1 fully saturated rings. The number of hydrogen-bond acceptors (Lipinski definition) is 4. The summed E-state index contributed by atoms with van der Waals surface area (Å²) in [6.07, 6.45) is -0.845. The van der Waals surface area contributed by atoms with Crippen molar-refractivity contribution in [3.05, 3.63) is 33.8 Å². The van der Waals surface area contributed by atoms with Crippen LogP contribution in [0.5, 0.6) is 0 Å². The Hall–Kier alpha value is -0.460. The van der Waals surface area contributed by atoms with E-state index in [1.54, 1.807) is 30.0 Å². The van der Waals surface area contributed by atoms with Crippen molar-refractivity contribution in [1.29, 1.82) is 0 Å². The summed E-state index contributed by atoms with van der Waals surface area (Å²) < 4.78 is 0. The minimum absolute atomic E-state index is 0.103. The fourth-order valence-corrected chi connectivity index (χ4v) is 3.24. The molecule has 3 N–H and O–H groups in total. The summed E-state index contributed by atoms with van der Waals surface area (Å²) in [5.74, 6) is 1.43. The predicted molar refractivity (Wildman–Crippen MR) is 78.7 cm³/mol. The molecule has 1 saturated heterocycles. The SMILES string of the molecule is O=C(NC[C@@H](O)c1ccc(Cl)cc1Cl)[C@@H]1CSCN1. The minimum Gasteiger partial charge on any atom is -0.387 e. The summed E-state index contributed by atoms with van der Waals surface area (Å²) in [4.78, 5) is 11.8. The number of rotatable bonds is 4. The molecule has 0 saturated carbocycles. The molecule has 0 spiro atoms. The van der Waals surface area contributed by atoms with Crippen LogP contribution >= 0.6 is 35.0 Å². The van der Waals surface area contributed by atoms with Crippen molar-refractivity contribution in [2.45, 2.75) is 12.1 Å². The van der Waals surface area contributed by atoms with E-state index in [1.165, 1.54) is 0 Å². The third-order valence-corrected chi connectivity index (χ3v) is 4.33. The molecule has 0 aromatic heterocycles. The van der Waals surface area contributed by atoms with Gasteiger partial charge in [0.1, 0.15) is 0 Å². The van der Waals surface area contributed by atoms with Crippen molar-refractivity contribution >= 4 is 40.9 Å². The lowest BCUT2D eigenvalue weighted by Gasteiger charge is -2.16. The largest absolute Gasteiger partial charge is 0.387 e. The van der Waals surface area contributed by atoms with Crippen LogP contribution < -0.4 is 10.6 Å². The van der Waals surface area contributed by atoms with Gasteiger partial charge in [-0.3, -0.25) is 10.1 Å². The maximum atomic E-state index is 11.8. The van der Waals surface area contributed by atoms with Crippen molar-refractivity contribution in [2.75, 3.05) is 18.2 Å². The lowest BCUT2D eigenvalue weighted by molar-refractivity contribution is -0.122. The number of aliphatic hydroxyl groups is 1. The summed E-state index contributed by atoms with van der Waals surface area (Å²) in [5.41, 5.74) is 0.556. The van der Waals surface area contributed by atoms with Crippen LogP contribution in [0.4, 0.5) is 0 Å². The van der Waals surface area contributed by atoms with Gasteiger partial charge in [0.05, 0.1) is 12.1 Å². The molecule has 2 rings (SSSR count). The van der Waals surface area contributed by atoms with E-state index < -0.39 is 6.10 Å². The van der Waals surface area contributed by atoms with E-state index in [0.29, 0.717) is 15.6 Å². The number of nitrogens with one attached hydrogen (secondary N) is 2. The molecule has 1 aromatic rings. The highest BCUT2D eigenvalue weighted by Gasteiger charge is 2.23. The maximum Gasteiger partial charge on any atom is 0.238 e. The Morgan fingerprint density at radius 1 is 1.58 bits per heavy atom. The Morgan fingerprint density at radius 3 is 3.00 bits per heavy atom. The maximum absolute atomic E-state index is 11.8. The highest BCUT2D eigenvalue weighted by atomic mass is 35.5. The van der Waals surface area contributed by atoms with E-state index in [1.807, 2.05) is 0 Å². The van der Waals surface area contributed by atoms with Gasteiger partial charge in [0.25, 0.3) is 0 Å². The van der Waals surface area contributed by atoms with Crippen LogP contribution in [-0.2, 0) is 4.79 Å². The van der Waals surface area contributed by atoms with Crippen LogP contribution in [0.2, 0.25) is 10.0 Å². The third-order valence-electron chi connectivity index (χ3n) is 2.82. The molecule has 1 aliphatic heterocycles. The standard InChI is InChI=1S/C12H14Cl2N2O2S/c13-7-1-2-8(9(14)3-7)11(17)4-15-12(18)10-5-19-6-16-10/h1-3,10-11,16-17H,4-6H2,(H,15,18)/t10-,11+/m0/s1. The van der Waals surface area contributed by atoms with Crippen LogP contribution in [0, 0.1) is 0 Å². The molecule has 2 atom stereocenters. The van der Waals surface area contributed by atoms with E-state index in [0.717, 1.165) is 11.6 Å². The van der Waals surface area contributed by atoms with Crippen molar-refractivity contribution < 1.29 is 9.90 Å². The number of hydrogen-bond donors (Lipinski definition) is 3. The van der Waals surface area contributed by atoms with Gasteiger partial charge in [-0.15, -0.1) is 11.8 Å². The smallest absolute Gasteiger partial charge is 0.238 e. The first-order valence-electron chi connectivity index (χ1n) is 5.80. The molecular weight excluding hydrogens is 307 g/mol. The van der Waals surface area contributed by atoms with Crippen molar-refractivity contribution in [2.24, 2.45) is 0 Å². The number of amides is 1. The number of halogens is 2. The van der Waals surface area contributed by atoms with Gasteiger partial charge in [-0.05, 0) is 12.1 Å². The zero-order valence-corrected chi connectivity index (χ0v) is 12.4. The highest BCUT2D eigenvalue weighted by molar-refractivity contribution is 7.99. The second-order valence-electron chi connectivity index (χ2n) is 4.20. The average molecular weight is 321 g/mol. The Bertz CT molecular complexity index is 467. The van der Waals surface area contributed by atoms with Crippen LogP contribution in [0.25, 0.3) is 0 Å². The van der Waals surface area contributed by atoms with Gasteiger partial charge in [-0.25, -0.2) is 0 Å². The molecule has 4 nitrogen and oxygen atoms in total. The molecule has 1 amide bonds. The normalized spacial score (nSPS) is 20.3. The van der Waals surface area contributed by atoms with E-state index in [4.69, 9.17) is 23.2 Å². The second kappa shape index (κ2) is 6.81. The van der Waals surface area contributed by atoms with Crippen molar-refractivity contribution in [3.63, 3.8) is 0 Å². The Labute approximate surface area is 125 Å². The molecular formula is C12H14Cl2N2O2S. The number of thioether (sulfide) groups is 1. The van der Waals surface area contributed by atoms with Crippen LogP contribution in [-0.4, -0.2) is 35.2 Å². The van der Waals surface area contributed by atoms with Gasteiger partial charge in [0, 0.05) is 33.8 Å². The number of benzene rings is 1. The average Bonchev–Trinajstić information content (AvgIpc) is 2.89. The minimum atomic E-state index is -0.845. The predicted octanol–water partition coefficient (Wildman–Crippen LogP) is 1.81. The van der Waals surface area contributed by atoms with Crippen molar-refractivity contribution in [3.8, 4) is 0 Å². The summed E-state index contributed by atoms with van der Waals surface area (Å²) in [6, 6.07) is 4.70. The van der Waals surface area contributed by atoms with E-state index in [2.05, 4.69) is 10.6 Å². The van der Waals surface area contributed by atoms with Gasteiger partial charge in [-0.1, -0.05) is 29.3 Å². The van der Waals surface area contributed by atoms with Crippen LogP contribution in [0.15, 0.2) is 18.2 Å². The fourth-order valence-electron chi connectivity index (χ4n) is 1.77. The Balaban J connectivity index is 1.89. The molecule has 7 heteroatoms. The molecule has 0 bridgehead atoms. The topological polar surface area (TPSA) is 61.4 Å². The first-order chi connectivity index (χ1) is 9.08. The van der Waals surface area contributed by atoms with E-state index in [-0.39, 0.29) is 18.5 Å². The zero-order valence-electron chi connectivity index (χ0n) is 10.0. The molecule has 1 aromatic carbocycles. The van der Waals surface area contributed by atoms with Crippen molar-refractivity contribution in [1.82, 2.24) is 10.6 Å². The first kappa shape index (κ1) is 14.9. The summed E-state index contributed by atoms with van der Waals surface area (Å²) in [5, 5.41) is 16.7. The Kier molecular flexibility index (Phi) is 5.36. The van der Waals surface area contributed by atoms with Gasteiger partial charge in [0.2, 0.25) is 5.91 Å². The van der Waals surface area contributed by atoms with Crippen LogP contribution in [0.1, 0.15) is 11.7 Å². The lowest BCUT2D eigenvalue weighted by atomic mass is 10.1. The second-order valence-corrected chi connectivity index (χ2v) is 6.07.